The van der Waals surface area contributed by atoms with Crippen molar-refractivity contribution in [1.82, 2.24) is 9.80 Å². The average molecular weight is 504 g/mol. The molecule has 3 rings (SSSR count). The molecule has 0 fully saturated rings. The van der Waals surface area contributed by atoms with Crippen LogP contribution in [0.25, 0.3) is 0 Å². The van der Waals surface area contributed by atoms with Gasteiger partial charge in [0.1, 0.15) is 6.54 Å². The molecule has 0 radical (unpaired) electrons. The van der Waals surface area contributed by atoms with E-state index < -0.39 is 17.8 Å². The lowest BCUT2D eigenvalue weighted by Crippen LogP contribution is -2.44. The van der Waals surface area contributed by atoms with Crippen LogP contribution in [-0.4, -0.2) is 34.8 Å². The van der Waals surface area contributed by atoms with Gasteiger partial charge in [-0.05, 0) is 54.1 Å². The van der Waals surface area contributed by atoms with E-state index in [2.05, 4.69) is 5.32 Å². The molecule has 0 atom stereocenters. The highest BCUT2D eigenvalue weighted by Gasteiger charge is 2.30. The number of nitrogens with zero attached hydrogens (tertiary/aromatic N) is 2. The summed E-state index contributed by atoms with van der Waals surface area (Å²) in [4.78, 5) is 30.4. The number of nitrogens with one attached hydrogen (secondary N) is 1. The van der Waals surface area contributed by atoms with E-state index in [9.17, 15) is 22.8 Å². The van der Waals surface area contributed by atoms with Crippen molar-refractivity contribution in [3.8, 4) is 0 Å². The highest BCUT2D eigenvalue weighted by Crippen LogP contribution is 2.30. The zero-order chi connectivity index (χ0) is 25.4. The molecule has 1 N–H and O–H groups in total. The van der Waals surface area contributed by atoms with Crippen molar-refractivity contribution in [2.75, 3.05) is 18.4 Å². The summed E-state index contributed by atoms with van der Waals surface area (Å²) < 4.78 is 39.1. The first kappa shape index (κ1) is 26.3. The predicted molar refractivity (Wildman–Crippen MR) is 132 cm³/mol. The van der Waals surface area contributed by atoms with E-state index in [1.54, 1.807) is 16.2 Å². The Bertz CT molecular complexity index is 1130. The van der Waals surface area contributed by atoms with Gasteiger partial charge in [0.05, 0.1) is 12.1 Å². The van der Waals surface area contributed by atoms with Crippen LogP contribution in [0.5, 0.6) is 0 Å². The molecule has 3 aromatic rings. The number of thiophene rings is 1. The lowest BCUT2D eigenvalue weighted by Gasteiger charge is -2.28. The molecule has 0 unspecified atom stereocenters. The second-order valence-corrected chi connectivity index (χ2v) is 9.19. The van der Waals surface area contributed by atoms with Gasteiger partial charge >= 0.3 is 12.2 Å². The van der Waals surface area contributed by atoms with Crippen molar-refractivity contribution in [3.63, 3.8) is 0 Å². The molecule has 0 saturated heterocycles. The Hall–Kier alpha value is -3.33. The number of carbonyl (C=O) groups is 2. The summed E-state index contributed by atoms with van der Waals surface area (Å²) in [6, 6.07) is 15.4. The SMILES string of the molecule is CCCN(CC(=O)N(Cc1ccccc1)Cc1sccc1C)C(=O)Nc1cccc(C(F)(F)F)c1. The molecule has 0 aliphatic carbocycles. The molecule has 1 heterocycles. The normalized spacial score (nSPS) is 11.2. The molecule has 0 aliphatic heterocycles. The topological polar surface area (TPSA) is 52.7 Å². The van der Waals surface area contributed by atoms with Crippen molar-refractivity contribution in [2.45, 2.75) is 39.5 Å². The van der Waals surface area contributed by atoms with E-state index in [-0.39, 0.29) is 24.7 Å². The number of rotatable bonds is 9. The van der Waals surface area contributed by atoms with Gasteiger partial charge in [0.2, 0.25) is 5.91 Å². The van der Waals surface area contributed by atoms with Crippen LogP contribution in [0.3, 0.4) is 0 Å². The number of anilines is 1. The van der Waals surface area contributed by atoms with E-state index in [4.69, 9.17) is 0 Å². The lowest BCUT2D eigenvalue weighted by atomic mass is 10.2. The molecule has 1 aromatic heterocycles. The Morgan fingerprint density at radius 2 is 1.71 bits per heavy atom. The first-order valence-electron chi connectivity index (χ1n) is 11.2. The number of urea groups is 1. The Labute approximate surface area is 207 Å². The molecule has 0 saturated carbocycles. The predicted octanol–water partition coefficient (Wildman–Crippen LogP) is 6.55. The van der Waals surface area contributed by atoms with Gasteiger partial charge in [-0.15, -0.1) is 11.3 Å². The molecule has 5 nitrogen and oxygen atoms in total. The number of hydrogen-bond donors (Lipinski definition) is 1. The Morgan fingerprint density at radius 3 is 2.34 bits per heavy atom. The van der Waals surface area contributed by atoms with E-state index in [0.29, 0.717) is 19.5 Å². The molecule has 3 amide bonds. The Morgan fingerprint density at radius 1 is 0.971 bits per heavy atom. The summed E-state index contributed by atoms with van der Waals surface area (Å²) in [5, 5.41) is 4.48. The van der Waals surface area contributed by atoms with Gasteiger partial charge in [-0.25, -0.2) is 4.79 Å². The van der Waals surface area contributed by atoms with E-state index >= 15 is 0 Å². The largest absolute Gasteiger partial charge is 0.416 e. The van der Waals surface area contributed by atoms with Gasteiger partial charge in [-0.1, -0.05) is 43.3 Å². The number of halogens is 3. The molecule has 9 heteroatoms. The van der Waals surface area contributed by atoms with Gasteiger partial charge in [0.25, 0.3) is 0 Å². The minimum atomic E-state index is -4.52. The molecule has 2 aromatic carbocycles. The summed E-state index contributed by atoms with van der Waals surface area (Å²) in [7, 11) is 0. The number of benzene rings is 2. The van der Waals surface area contributed by atoms with Crippen molar-refractivity contribution in [1.29, 1.82) is 0 Å². The molecule has 0 bridgehead atoms. The molecular weight excluding hydrogens is 475 g/mol. The second-order valence-electron chi connectivity index (χ2n) is 8.19. The maximum atomic E-state index is 13.4. The number of amides is 3. The molecule has 0 spiro atoms. The summed E-state index contributed by atoms with van der Waals surface area (Å²) >= 11 is 1.57. The van der Waals surface area contributed by atoms with Gasteiger partial charge in [-0.3, -0.25) is 4.79 Å². The molecule has 0 aliphatic rings. The van der Waals surface area contributed by atoms with Crippen LogP contribution in [-0.2, 0) is 24.1 Å². The molecule has 35 heavy (non-hydrogen) atoms. The van der Waals surface area contributed by atoms with Gasteiger partial charge in [-0.2, -0.15) is 13.2 Å². The third-order valence-corrected chi connectivity index (χ3v) is 6.43. The van der Waals surface area contributed by atoms with Crippen LogP contribution >= 0.6 is 11.3 Å². The Kier molecular flexibility index (Phi) is 8.92. The summed E-state index contributed by atoms with van der Waals surface area (Å²) in [5.74, 6) is -0.241. The van der Waals surface area contributed by atoms with Gasteiger partial charge in [0.15, 0.2) is 0 Å². The fraction of sp³-hybridized carbons (Fsp3) is 0.308. The van der Waals surface area contributed by atoms with E-state index in [1.807, 2.05) is 55.6 Å². The summed E-state index contributed by atoms with van der Waals surface area (Å²) in [5.41, 5.74) is 1.22. The zero-order valence-corrected chi connectivity index (χ0v) is 20.5. The summed E-state index contributed by atoms with van der Waals surface area (Å²) in [6.45, 7) is 4.75. The van der Waals surface area contributed by atoms with Gasteiger partial charge < -0.3 is 15.1 Å². The van der Waals surface area contributed by atoms with Crippen LogP contribution in [0.4, 0.5) is 23.7 Å². The smallest absolute Gasteiger partial charge is 0.332 e. The zero-order valence-electron chi connectivity index (χ0n) is 19.6. The molecule has 186 valence electrons. The number of aryl methyl sites for hydroxylation is 1. The van der Waals surface area contributed by atoms with Crippen molar-refractivity contribution >= 4 is 29.0 Å². The van der Waals surface area contributed by atoms with Crippen LogP contribution in [0, 0.1) is 6.92 Å². The standard InChI is InChI=1S/C26H28F3N3O2S/c1-3-13-31(25(34)30-22-11-7-10-21(15-22)26(27,28)29)18-24(33)32(16-20-8-5-4-6-9-20)17-23-19(2)12-14-35-23/h4-12,14-15H,3,13,16-18H2,1-2H3,(H,30,34). The fourth-order valence-corrected chi connectivity index (χ4v) is 4.46. The minimum absolute atomic E-state index is 0.0220. The average Bonchev–Trinajstić information content (AvgIpc) is 3.23. The third kappa shape index (κ3) is 7.58. The highest BCUT2D eigenvalue weighted by atomic mass is 32.1. The maximum absolute atomic E-state index is 13.4. The summed E-state index contributed by atoms with van der Waals surface area (Å²) in [6.07, 6.45) is -3.93. The fourth-order valence-electron chi connectivity index (χ4n) is 3.54. The van der Waals surface area contributed by atoms with Crippen molar-refractivity contribution in [3.05, 3.63) is 87.6 Å². The quantitative estimate of drug-likeness (QED) is 0.360. The lowest BCUT2D eigenvalue weighted by molar-refractivity contribution is -0.137. The molecular formula is C26H28F3N3O2S. The van der Waals surface area contributed by atoms with Crippen LogP contribution < -0.4 is 5.32 Å². The van der Waals surface area contributed by atoms with Crippen LogP contribution in [0.1, 0.15) is 34.9 Å². The van der Waals surface area contributed by atoms with E-state index in [1.165, 1.54) is 17.0 Å². The Balaban J connectivity index is 1.76. The van der Waals surface area contributed by atoms with Crippen LogP contribution in [0.2, 0.25) is 0 Å². The number of hydrogen-bond acceptors (Lipinski definition) is 3. The maximum Gasteiger partial charge on any atom is 0.416 e. The third-order valence-electron chi connectivity index (χ3n) is 5.42. The van der Waals surface area contributed by atoms with Crippen molar-refractivity contribution < 1.29 is 22.8 Å². The number of carbonyl (C=O) groups excluding carboxylic acids is 2. The van der Waals surface area contributed by atoms with Crippen LogP contribution in [0.15, 0.2) is 66.0 Å². The number of alkyl halides is 3. The first-order valence-corrected chi connectivity index (χ1v) is 12.1. The van der Waals surface area contributed by atoms with E-state index in [0.717, 1.165) is 28.1 Å². The minimum Gasteiger partial charge on any atom is -0.332 e. The van der Waals surface area contributed by atoms with Crippen molar-refractivity contribution in [2.24, 2.45) is 0 Å². The monoisotopic (exact) mass is 503 g/mol. The second kappa shape index (κ2) is 11.9. The van der Waals surface area contributed by atoms with Gasteiger partial charge in [0, 0.05) is 23.7 Å². The first-order chi connectivity index (χ1) is 16.7. The highest BCUT2D eigenvalue weighted by molar-refractivity contribution is 7.10.